The summed E-state index contributed by atoms with van der Waals surface area (Å²) in [6.07, 6.45) is 0. The van der Waals surface area contributed by atoms with Crippen molar-refractivity contribution in [3.05, 3.63) is 42.5 Å². The van der Waals surface area contributed by atoms with Gasteiger partial charge in [0.05, 0.1) is 0 Å². The molecule has 0 bridgehead atoms. The van der Waals surface area contributed by atoms with E-state index >= 15 is 0 Å². The Labute approximate surface area is 109 Å². The van der Waals surface area contributed by atoms with Crippen molar-refractivity contribution < 1.29 is 30.5 Å². The molecule has 2 rings (SSSR count). The highest BCUT2D eigenvalue weighted by Crippen LogP contribution is 2.21. The Kier molecular flexibility index (Phi) is 4.61. The Morgan fingerprint density at radius 3 is 1.74 bits per heavy atom. The third-order valence-electron chi connectivity index (χ3n) is 2.03. The van der Waals surface area contributed by atoms with Gasteiger partial charge in [0.15, 0.2) is 0 Å². The van der Waals surface area contributed by atoms with Gasteiger partial charge in [-0.2, -0.15) is 16.8 Å². The second-order valence-corrected chi connectivity index (χ2v) is 5.69. The van der Waals surface area contributed by atoms with E-state index in [1.807, 2.05) is 6.07 Å². The second kappa shape index (κ2) is 5.63. The zero-order valence-corrected chi connectivity index (χ0v) is 11.0. The van der Waals surface area contributed by atoms with Crippen molar-refractivity contribution in [2.75, 3.05) is 0 Å². The number of fused-ring (bicyclic) bond motifs is 1. The van der Waals surface area contributed by atoms with Gasteiger partial charge in [-0.15, -0.1) is 0 Å². The van der Waals surface area contributed by atoms with Crippen LogP contribution in [0, 0.1) is 0 Å². The maximum atomic E-state index is 11.0. The first-order chi connectivity index (χ1) is 8.59. The quantitative estimate of drug-likeness (QED) is 0.679. The van der Waals surface area contributed by atoms with Gasteiger partial charge in [-0.1, -0.05) is 36.4 Å². The van der Waals surface area contributed by atoms with Gasteiger partial charge in [0, 0.05) is 5.39 Å². The van der Waals surface area contributed by atoms with Crippen LogP contribution in [0.3, 0.4) is 0 Å². The van der Waals surface area contributed by atoms with Crippen LogP contribution < -0.4 is 0 Å². The molecule has 0 amide bonds. The highest BCUT2D eigenvalue weighted by Gasteiger charge is 2.12. The van der Waals surface area contributed by atoms with Crippen LogP contribution in [0.5, 0.6) is 0 Å². The van der Waals surface area contributed by atoms with Gasteiger partial charge in [-0.3, -0.25) is 13.7 Å². The Morgan fingerprint density at radius 1 is 0.737 bits per heavy atom. The Morgan fingerprint density at radius 2 is 1.21 bits per heavy atom. The largest absolute Gasteiger partial charge is 0.394 e. The molecule has 0 fully saturated rings. The number of hydrogen-bond donors (Lipinski definition) is 3. The van der Waals surface area contributed by atoms with E-state index < -0.39 is 20.5 Å². The first-order valence-electron chi connectivity index (χ1n) is 4.74. The first kappa shape index (κ1) is 15.5. The van der Waals surface area contributed by atoms with Crippen molar-refractivity contribution >= 4 is 31.3 Å². The van der Waals surface area contributed by atoms with Crippen LogP contribution >= 0.6 is 0 Å². The molecule has 2 aromatic rings. The van der Waals surface area contributed by atoms with Crippen molar-refractivity contribution in [3.63, 3.8) is 0 Å². The lowest BCUT2D eigenvalue weighted by molar-refractivity contribution is 0.381. The predicted molar refractivity (Wildman–Crippen MR) is 67.9 cm³/mol. The molecule has 0 unspecified atom stereocenters. The molecular formula is C10H10O7S2. The minimum atomic E-state index is -4.67. The summed E-state index contributed by atoms with van der Waals surface area (Å²) < 4.78 is 62.5. The fraction of sp³-hybridized carbons (Fsp3) is 0. The molecule has 2 aromatic carbocycles. The first-order valence-corrected chi connectivity index (χ1v) is 7.58. The molecule has 19 heavy (non-hydrogen) atoms. The SMILES string of the molecule is O=S(=O)(O)O.O=S(=O)(O)c1cccc2ccccc12. The molecule has 0 aliphatic rings. The van der Waals surface area contributed by atoms with E-state index in [0.29, 0.717) is 5.39 Å². The molecule has 3 N–H and O–H groups in total. The van der Waals surface area contributed by atoms with Gasteiger partial charge in [0.25, 0.3) is 10.1 Å². The third-order valence-corrected chi connectivity index (χ3v) is 2.94. The van der Waals surface area contributed by atoms with Gasteiger partial charge < -0.3 is 0 Å². The molecule has 0 aliphatic heterocycles. The van der Waals surface area contributed by atoms with Gasteiger partial charge in [0.2, 0.25) is 0 Å². The Hall–Kier alpha value is -1.52. The van der Waals surface area contributed by atoms with Crippen LogP contribution in [0.25, 0.3) is 10.8 Å². The van der Waals surface area contributed by atoms with E-state index in [9.17, 15) is 8.42 Å². The summed E-state index contributed by atoms with van der Waals surface area (Å²) in [7, 11) is -8.80. The average Bonchev–Trinajstić information content (AvgIpc) is 2.25. The molecule has 0 aromatic heterocycles. The molecule has 0 aliphatic carbocycles. The number of hydrogen-bond acceptors (Lipinski definition) is 4. The van der Waals surface area contributed by atoms with Gasteiger partial charge in [0.1, 0.15) is 4.90 Å². The van der Waals surface area contributed by atoms with E-state index in [0.717, 1.165) is 5.39 Å². The number of rotatable bonds is 1. The Bertz CT molecular complexity index is 765. The monoisotopic (exact) mass is 306 g/mol. The second-order valence-electron chi connectivity index (χ2n) is 3.40. The van der Waals surface area contributed by atoms with Crippen LogP contribution in [-0.4, -0.2) is 30.5 Å². The molecular weight excluding hydrogens is 296 g/mol. The molecule has 0 spiro atoms. The standard InChI is InChI=1S/C10H8O3S.H2O4S/c11-14(12,13)10-7-3-5-8-4-1-2-6-9(8)10;1-5(2,3)4/h1-7H,(H,11,12,13);(H2,1,2,3,4). The molecule has 0 saturated carbocycles. The maximum Gasteiger partial charge on any atom is 0.394 e. The van der Waals surface area contributed by atoms with Gasteiger partial charge in [-0.25, -0.2) is 0 Å². The highest BCUT2D eigenvalue weighted by molar-refractivity contribution is 7.86. The lowest BCUT2D eigenvalue weighted by Crippen LogP contribution is -1.98. The van der Waals surface area contributed by atoms with Crippen molar-refractivity contribution in [3.8, 4) is 0 Å². The molecule has 0 saturated heterocycles. The number of benzene rings is 2. The minimum Gasteiger partial charge on any atom is -0.282 e. The third kappa shape index (κ3) is 5.32. The minimum absolute atomic E-state index is 0.0457. The summed E-state index contributed by atoms with van der Waals surface area (Å²) in [5, 5.41) is 1.33. The fourth-order valence-electron chi connectivity index (χ4n) is 1.42. The fourth-order valence-corrected chi connectivity index (χ4v) is 2.13. The summed E-state index contributed by atoms with van der Waals surface area (Å²) in [5.41, 5.74) is 0. The summed E-state index contributed by atoms with van der Waals surface area (Å²) in [6.45, 7) is 0. The molecule has 7 nitrogen and oxygen atoms in total. The summed E-state index contributed by atoms with van der Waals surface area (Å²) in [6, 6.07) is 11.8. The topological polar surface area (TPSA) is 129 Å². The molecule has 0 heterocycles. The van der Waals surface area contributed by atoms with Crippen molar-refractivity contribution in [2.45, 2.75) is 4.90 Å². The van der Waals surface area contributed by atoms with Crippen molar-refractivity contribution in [1.29, 1.82) is 0 Å². The van der Waals surface area contributed by atoms with E-state index in [4.69, 9.17) is 22.1 Å². The normalized spacial score (nSPS) is 11.7. The van der Waals surface area contributed by atoms with Crippen LogP contribution in [0.4, 0.5) is 0 Å². The zero-order valence-electron chi connectivity index (χ0n) is 9.33. The van der Waals surface area contributed by atoms with E-state index in [1.54, 1.807) is 30.3 Å². The lowest BCUT2D eigenvalue weighted by atomic mass is 10.1. The van der Waals surface area contributed by atoms with E-state index in [2.05, 4.69) is 0 Å². The molecule has 0 atom stereocenters. The highest BCUT2D eigenvalue weighted by atomic mass is 32.3. The van der Waals surface area contributed by atoms with Crippen molar-refractivity contribution in [1.82, 2.24) is 0 Å². The molecule has 9 heteroatoms. The smallest absolute Gasteiger partial charge is 0.282 e. The van der Waals surface area contributed by atoms with Gasteiger partial charge >= 0.3 is 10.4 Å². The van der Waals surface area contributed by atoms with E-state index in [-0.39, 0.29) is 4.90 Å². The summed E-state index contributed by atoms with van der Waals surface area (Å²) >= 11 is 0. The Balaban J connectivity index is 0.000000312. The predicted octanol–water partition coefficient (Wildman–Crippen LogP) is 1.43. The van der Waals surface area contributed by atoms with Crippen LogP contribution in [-0.2, 0) is 20.5 Å². The summed E-state index contributed by atoms with van der Waals surface area (Å²) in [5.74, 6) is 0. The summed E-state index contributed by atoms with van der Waals surface area (Å²) in [4.78, 5) is -0.0457. The molecule has 0 radical (unpaired) electrons. The van der Waals surface area contributed by atoms with Crippen LogP contribution in [0.2, 0.25) is 0 Å². The maximum absolute atomic E-state index is 11.0. The molecule has 104 valence electrons. The van der Waals surface area contributed by atoms with Gasteiger partial charge in [-0.05, 0) is 11.5 Å². The van der Waals surface area contributed by atoms with Crippen molar-refractivity contribution in [2.24, 2.45) is 0 Å². The van der Waals surface area contributed by atoms with Crippen LogP contribution in [0.1, 0.15) is 0 Å². The lowest BCUT2D eigenvalue weighted by Gasteiger charge is -2.02. The zero-order chi connectivity index (χ0) is 14.7. The average molecular weight is 306 g/mol. The van der Waals surface area contributed by atoms with E-state index in [1.165, 1.54) is 6.07 Å². The van der Waals surface area contributed by atoms with Crippen LogP contribution in [0.15, 0.2) is 47.4 Å².